The Morgan fingerprint density at radius 2 is 1.35 bits per heavy atom. The molecule has 0 unspecified atom stereocenters. The van der Waals surface area contributed by atoms with Gasteiger partial charge in [-0.1, -0.05) is 65.8 Å². The van der Waals surface area contributed by atoms with Crippen LogP contribution in [0.2, 0.25) is 5.02 Å². The Morgan fingerprint density at radius 1 is 0.775 bits per heavy atom. The summed E-state index contributed by atoms with van der Waals surface area (Å²) in [5.74, 6) is 0.778. The number of nitrogens with one attached hydrogen (secondary N) is 3. The minimum absolute atomic E-state index is 0.0345. The highest BCUT2D eigenvalue weighted by molar-refractivity contribution is 7.99. The molecule has 0 aliphatic heterocycles. The average Bonchev–Trinajstić information content (AvgIpc) is 2.96. The van der Waals surface area contributed by atoms with Gasteiger partial charge in [0.1, 0.15) is 0 Å². The summed E-state index contributed by atoms with van der Waals surface area (Å²) in [5.41, 5.74) is 4.89. The number of nitro groups is 1. The number of anilines is 5. The molecule has 0 aliphatic carbocycles. The summed E-state index contributed by atoms with van der Waals surface area (Å²) in [6.45, 7) is 0. The van der Waals surface area contributed by atoms with E-state index < -0.39 is 4.92 Å². The average molecular weight is 569 g/mol. The molecule has 198 valence electrons. The zero-order valence-corrected chi connectivity index (χ0v) is 22.3. The van der Waals surface area contributed by atoms with Crippen molar-refractivity contribution < 1.29 is 4.92 Å². The molecule has 4 aromatic carbocycles. The fourth-order valence-electron chi connectivity index (χ4n) is 3.48. The van der Waals surface area contributed by atoms with E-state index in [2.05, 4.69) is 36.1 Å². The van der Waals surface area contributed by atoms with Gasteiger partial charge in [-0.2, -0.15) is 20.1 Å². The maximum absolute atomic E-state index is 11.8. The number of aromatic nitrogens is 3. The second-order valence-electron chi connectivity index (χ2n) is 8.20. The summed E-state index contributed by atoms with van der Waals surface area (Å²) in [5, 5.41) is 22.9. The summed E-state index contributed by atoms with van der Waals surface area (Å²) in [6, 6.07) is 31.0. The smallest absolute Gasteiger partial charge is 0.283 e. The zero-order chi connectivity index (χ0) is 27.7. The molecular formula is C28H21ClN8O2S. The van der Waals surface area contributed by atoms with Crippen LogP contribution in [0.4, 0.5) is 34.9 Å². The summed E-state index contributed by atoms with van der Waals surface area (Å²) in [6.07, 6.45) is 1.46. The highest BCUT2D eigenvalue weighted by Gasteiger charge is 2.16. The number of rotatable bonds is 10. The van der Waals surface area contributed by atoms with Crippen LogP contribution >= 0.6 is 23.4 Å². The standard InChI is InChI=1S/C28H21ClN8O2S/c29-20-12-14-23(15-13-20)40-25-16-11-19(17-24(25)37(38)39)18-30-36-28-34-26(31-21-7-3-1-4-8-21)33-27(35-28)32-22-9-5-2-6-10-22/h1-18H,(H3,31,32,33,34,35,36)/b30-18+. The first-order chi connectivity index (χ1) is 19.5. The molecule has 0 saturated carbocycles. The number of nitro benzene ring substituents is 1. The monoisotopic (exact) mass is 568 g/mol. The van der Waals surface area contributed by atoms with Gasteiger partial charge in [0.2, 0.25) is 17.8 Å². The highest BCUT2D eigenvalue weighted by atomic mass is 35.5. The Hall–Kier alpha value is -5.00. The molecule has 1 heterocycles. The summed E-state index contributed by atoms with van der Waals surface area (Å²) < 4.78 is 0. The molecule has 10 nitrogen and oxygen atoms in total. The lowest BCUT2D eigenvalue weighted by atomic mass is 10.2. The largest absolute Gasteiger partial charge is 0.324 e. The molecular weight excluding hydrogens is 548 g/mol. The van der Waals surface area contributed by atoms with E-state index in [0.717, 1.165) is 16.3 Å². The van der Waals surface area contributed by atoms with E-state index in [-0.39, 0.29) is 11.6 Å². The number of halogens is 1. The first kappa shape index (κ1) is 26.6. The van der Waals surface area contributed by atoms with Gasteiger partial charge < -0.3 is 10.6 Å². The predicted octanol–water partition coefficient (Wildman–Crippen LogP) is 7.52. The van der Waals surface area contributed by atoms with Crippen molar-refractivity contribution in [2.24, 2.45) is 5.10 Å². The van der Waals surface area contributed by atoms with E-state index >= 15 is 0 Å². The van der Waals surface area contributed by atoms with Crippen LogP contribution in [-0.4, -0.2) is 26.1 Å². The van der Waals surface area contributed by atoms with E-state index in [1.807, 2.05) is 72.8 Å². The fraction of sp³-hybridized carbons (Fsp3) is 0. The summed E-state index contributed by atoms with van der Waals surface area (Å²) in [7, 11) is 0. The van der Waals surface area contributed by atoms with Crippen LogP contribution in [0.3, 0.4) is 0 Å². The van der Waals surface area contributed by atoms with Gasteiger partial charge >= 0.3 is 0 Å². The molecule has 1 aromatic heterocycles. The van der Waals surface area contributed by atoms with E-state index in [0.29, 0.717) is 27.4 Å². The molecule has 0 spiro atoms. The third kappa shape index (κ3) is 7.31. The van der Waals surface area contributed by atoms with Crippen LogP contribution < -0.4 is 16.1 Å². The van der Waals surface area contributed by atoms with E-state index in [1.165, 1.54) is 24.0 Å². The minimum atomic E-state index is -0.419. The summed E-state index contributed by atoms with van der Waals surface area (Å²) >= 11 is 7.23. The van der Waals surface area contributed by atoms with Crippen molar-refractivity contribution in [2.45, 2.75) is 9.79 Å². The van der Waals surface area contributed by atoms with Gasteiger partial charge in [0, 0.05) is 32.9 Å². The number of hydrazone groups is 1. The fourth-order valence-corrected chi connectivity index (χ4v) is 4.50. The molecule has 3 N–H and O–H groups in total. The molecule has 0 atom stereocenters. The molecule has 0 amide bonds. The maximum Gasteiger partial charge on any atom is 0.283 e. The lowest BCUT2D eigenvalue weighted by Gasteiger charge is -2.10. The van der Waals surface area contributed by atoms with Crippen LogP contribution in [0.15, 0.2) is 118 Å². The third-order valence-electron chi connectivity index (χ3n) is 5.29. The van der Waals surface area contributed by atoms with Crippen molar-refractivity contribution in [3.8, 4) is 0 Å². The number of hydrogen-bond acceptors (Lipinski definition) is 10. The first-order valence-corrected chi connectivity index (χ1v) is 13.1. The van der Waals surface area contributed by atoms with Crippen LogP contribution in [0.1, 0.15) is 5.56 Å². The van der Waals surface area contributed by atoms with E-state index in [4.69, 9.17) is 11.6 Å². The Labute approximate surface area is 238 Å². The normalized spacial score (nSPS) is 10.8. The highest BCUT2D eigenvalue weighted by Crippen LogP contribution is 2.35. The SMILES string of the molecule is O=[N+]([O-])c1cc(/C=N/Nc2nc(Nc3ccccc3)nc(Nc3ccccc3)n2)ccc1Sc1ccc(Cl)cc1. The number of benzene rings is 4. The molecule has 5 aromatic rings. The summed E-state index contributed by atoms with van der Waals surface area (Å²) in [4.78, 5) is 25.9. The molecule has 12 heteroatoms. The second kappa shape index (κ2) is 12.7. The molecule has 0 fully saturated rings. The van der Waals surface area contributed by atoms with Crippen molar-refractivity contribution >= 4 is 64.5 Å². The Morgan fingerprint density at radius 3 is 1.93 bits per heavy atom. The van der Waals surface area contributed by atoms with Gasteiger partial charge in [0.15, 0.2) is 0 Å². The minimum Gasteiger partial charge on any atom is -0.324 e. The van der Waals surface area contributed by atoms with Crippen molar-refractivity contribution in [3.05, 3.63) is 124 Å². The molecule has 0 radical (unpaired) electrons. The van der Waals surface area contributed by atoms with Crippen molar-refractivity contribution in [3.63, 3.8) is 0 Å². The van der Waals surface area contributed by atoms with Gasteiger partial charge in [-0.25, -0.2) is 5.43 Å². The zero-order valence-electron chi connectivity index (χ0n) is 20.7. The van der Waals surface area contributed by atoms with Crippen molar-refractivity contribution in [1.82, 2.24) is 15.0 Å². The van der Waals surface area contributed by atoms with E-state index in [1.54, 1.807) is 24.3 Å². The topological polar surface area (TPSA) is 130 Å². The first-order valence-electron chi connectivity index (χ1n) is 11.9. The number of para-hydroxylation sites is 2. The molecule has 0 aliphatic rings. The van der Waals surface area contributed by atoms with Gasteiger partial charge in [-0.3, -0.25) is 10.1 Å². The van der Waals surface area contributed by atoms with Gasteiger partial charge in [-0.05, 0) is 54.6 Å². The van der Waals surface area contributed by atoms with Crippen LogP contribution in [0, 0.1) is 10.1 Å². The van der Waals surface area contributed by atoms with Gasteiger partial charge in [-0.15, -0.1) is 0 Å². The molecule has 40 heavy (non-hydrogen) atoms. The number of hydrogen-bond donors (Lipinski definition) is 3. The van der Waals surface area contributed by atoms with Gasteiger partial charge in [0.25, 0.3) is 5.69 Å². The predicted molar refractivity (Wildman–Crippen MR) is 159 cm³/mol. The van der Waals surface area contributed by atoms with Crippen molar-refractivity contribution in [2.75, 3.05) is 16.1 Å². The Bertz CT molecular complexity index is 1580. The Balaban J connectivity index is 1.35. The van der Waals surface area contributed by atoms with Crippen molar-refractivity contribution in [1.29, 1.82) is 0 Å². The quantitative estimate of drug-likeness (QED) is 0.0889. The molecule has 0 bridgehead atoms. The van der Waals surface area contributed by atoms with Gasteiger partial charge in [0.05, 0.1) is 16.0 Å². The Kier molecular flexibility index (Phi) is 8.44. The van der Waals surface area contributed by atoms with Crippen LogP contribution in [0.25, 0.3) is 0 Å². The lowest BCUT2D eigenvalue weighted by Crippen LogP contribution is -2.07. The van der Waals surface area contributed by atoms with E-state index in [9.17, 15) is 10.1 Å². The number of nitrogens with zero attached hydrogens (tertiary/aromatic N) is 5. The second-order valence-corrected chi connectivity index (χ2v) is 9.75. The third-order valence-corrected chi connectivity index (χ3v) is 6.62. The maximum atomic E-state index is 11.8. The van der Waals surface area contributed by atoms with Crippen LogP contribution in [0.5, 0.6) is 0 Å². The lowest BCUT2D eigenvalue weighted by molar-refractivity contribution is -0.387. The molecule has 0 saturated heterocycles. The van der Waals surface area contributed by atoms with Crippen LogP contribution in [-0.2, 0) is 0 Å². The molecule has 5 rings (SSSR count).